The molecule has 6 heteroatoms. The Labute approximate surface area is 133 Å². The first-order chi connectivity index (χ1) is 10.4. The summed E-state index contributed by atoms with van der Waals surface area (Å²) in [5.41, 5.74) is 0.292. The summed E-state index contributed by atoms with van der Waals surface area (Å²) in [5, 5.41) is 3.28. The van der Waals surface area contributed by atoms with Gasteiger partial charge >= 0.3 is 7.12 Å². The second-order valence-corrected chi connectivity index (χ2v) is 6.54. The summed E-state index contributed by atoms with van der Waals surface area (Å²) in [4.78, 5) is 4.42. The quantitative estimate of drug-likeness (QED) is 0.618. The fourth-order valence-corrected chi connectivity index (χ4v) is 2.16. The number of nitrogens with one attached hydrogen (secondary N) is 1. The van der Waals surface area contributed by atoms with Crippen molar-refractivity contribution in [2.75, 3.05) is 25.1 Å². The van der Waals surface area contributed by atoms with E-state index in [1.807, 2.05) is 25.3 Å². The van der Waals surface area contributed by atoms with Crippen LogP contribution in [0.3, 0.4) is 0 Å². The Bertz CT molecular complexity index is 461. The highest BCUT2D eigenvalue weighted by Crippen LogP contribution is 2.36. The van der Waals surface area contributed by atoms with Crippen LogP contribution in [0, 0.1) is 0 Å². The Balaban J connectivity index is 1.87. The predicted molar refractivity (Wildman–Crippen MR) is 89.6 cm³/mol. The van der Waals surface area contributed by atoms with Gasteiger partial charge in [-0.2, -0.15) is 0 Å². The van der Waals surface area contributed by atoms with Crippen LogP contribution in [0.15, 0.2) is 18.3 Å². The van der Waals surface area contributed by atoms with E-state index < -0.39 is 0 Å². The minimum absolute atomic E-state index is 0.326. The molecule has 2 heterocycles. The van der Waals surface area contributed by atoms with Gasteiger partial charge in [0, 0.05) is 31.4 Å². The first kappa shape index (κ1) is 17.3. The summed E-state index contributed by atoms with van der Waals surface area (Å²) >= 11 is 0. The lowest BCUT2D eigenvalue weighted by Crippen LogP contribution is -2.41. The number of pyridine rings is 1. The fraction of sp³-hybridized carbons (Fsp3) is 0.688. The van der Waals surface area contributed by atoms with Crippen molar-refractivity contribution in [3.63, 3.8) is 0 Å². The molecule has 22 heavy (non-hydrogen) atoms. The Morgan fingerprint density at radius 3 is 2.41 bits per heavy atom. The SMILES string of the molecule is CCOCCCNc1ccc(B2OC(C)(C)C(C)(C)O2)cn1. The van der Waals surface area contributed by atoms with Gasteiger partial charge in [-0.05, 0) is 47.1 Å². The molecule has 1 aliphatic heterocycles. The van der Waals surface area contributed by atoms with E-state index in [0.717, 1.165) is 37.5 Å². The Morgan fingerprint density at radius 1 is 1.18 bits per heavy atom. The minimum Gasteiger partial charge on any atom is -0.399 e. The summed E-state index contributed by atoms with van der Waals surface area (Å²) < 4.78 is 17.3. The van der Waals surface area contributed by atoms with Crippen molar-refractivity contribution in [3.05, 3.63) is 18.3 Å². The topological polar surface area (TPSA) is 52.6 Å². The molecular formula is C16H27BN2O3. The van der Waals surface area contributed by atoms with Crippen molar-refractivity contribution in [1.82, 2.24) is 4.98 Å². The Kier molecular flexibility index (Phi) is 5.48. The Morgan fingerprint density at radius 2 is 1.86 bits per heavy atom. The lowest BCUT2D eigenvalue weighted by Gasteiger charge is -2.32. The second-order valence-electron chi connectivity index (χ2n) is 6.54. The number of hydrogen-bond donors (Lipinski definition) is 1. The molecule has 5 nitrogen and oxygen atoms in total. The Hall–Kier alpha value is -1.11. The van der Waals surface area contributed by atoms with Gasteiger partial charge in [0.15, 0.2) is 0 Å². The maximum Gasteiger partial charge on any atom is 0.496 e. The average molecular weight is 306 g/mol. The number of rotatable bonds is 7. The molecule has 0 unspecified atom stereocenters. The highest BCUT2D eigenvalue weighted by molar-refractivity contribution is 6.62. The normalized spacial score (nSPS) is 19.4. The van der Waals surface area contributed by atoms with Crippen LogP contribution in [-0.2, 0) is 14.0 Å². The number of ether oxygens (including phenoxy) is 1. The molecule has 0 radical (unpaired) electrons. The first-order valence-electron chi connectivity index (χ1n) is 7.99. The molecular weight excluding hydrogens is 279 g/mol. The van der Waals surface area contributed by atoms with Gasteiger partial charge in [0.1, 0.15) is 5.82 Å². The zero-order valence-corrected chi connectivity index (χ0v) is 14.3. The van der Waals surface area contributed by atoms with Crippen LogP contribution in [0.1, 0.15) is 41.0 Å². The molecule has 0 aromatic carbocycles. The number of nitrogens with zero attached hydrogens (tertiary/aromatic N) is 1. The molecule has 2 rings (SSSR count). The second kappa shape index (κ2) is 6.98. The van der Waals surface area contributed by atoms with Crippen LogP contribution in [0.4, 0.5) is 5.82 Å². The van der Waals surface area contributed by atoms with Gasteiger partial charge in [0.05, 0.1) is 11.2 Å². The molecule has 0 atom stereocenters. The third-order valence-electron chi connectivity index (χ3n) is 4.29. The van der Waals surface area contributed by atoms with Gasteiger partial charge in [-0.1, -0.05) is 6.07 Å². The molecule has 1 aliphatic rings. The third-order valence-corrected chi connectivity index (χ3v) is 4.29. The molecule has 1 aromatic rings. The smallest absolute Gasteiger partial charge is 0.399 e. The van der Waals surface area contributed by atoms with Gasteiger partial charge in [-0.15, -0.1) is 0 Å². The average Bonchev–Trinajstić information content (AvgIpc) is 2.68. The van der Waals surface area contributed by atoms with E-state index in [0.29, 0.717) is 0 Å². The number of hydrogen-bond acceptors (Lipinski definition) is 5. The fourth-order valence-electron chi connectivity index (χ4n) is 2.16. The monoisotopic (exact) mass is 306 g/mol. The number of anilines is 1. The zero-order chi connectivity index (χ0) is 16.2. The first-order valence-corrected chi connectivity index (χ1v) is 7.99. The van der Waals surface area contributed by atoms with Gasteiger partial charge in [-0.3, -0.25) is 0 Å². The lowest BCUT2D eigenvalue weighted by molar-refractivity contribution is 0.00578. The van der Waals surface area contributed by atoms with E-state index in [1.165, 1.54) is 0 Å². The van der Waals surface area contributed by atoms with E-state index in [9.17, 15) is 0 Å². The molecule has 0 saturated carbocycles. The third kappa shape index (κ3) is 4.00. The van der Waals surface area contributed by atoms with Crippen molar-refractivity contribution in [3.8, 4) is 0 Å². The summed E-state index contributed by atoms with van der Waals surface area (Å²) in [6, 6.07) is 3.96. The van der Waals surface area contributed by atoms with E-state index in [1.54, 1.807) is 0 Å². The summed E-state index contributed by atoms with van der Waals surface area (Å²) in [7, 11) is -0.357. The van der Waals surface area contributed by atoms with Crippen molar-refractivity contribution < 1.29 is 14.0 Å². The summed E-state index contributed by atoms with van der Waals surface area (Å²) in [5.74, 6) is 0.858. The van der Waals surface area contributed by atoms with Gasteiger partial charge in [-0.25, -0.2) is 4.98 Å². The van der Waals surface area contributed by atoms with Crippen molar-refractivity contribution >= 4 is 18.4 Å². The largest absolute Gasteiger partial charge is 0.496 e. The van der Waals surface area contributed by atoms with E-state index in [2.05, 4.69) is 38.0 Å². The maximum absolute atomic E-state index is 6.02. The van der Waals surface area contributed by atoms with Crippen LogP contribution < -0.4 is 10.8 Å². The molecule has 0 aliphatic carbocycles. The summed E-state index contributed by atoms with van der Waals surface area (Å²) in [6.07, 6.45) is 2.78. The molecule has 1 saturated heterocycles. The molecule has 1 fully saturated rings. The van der Waals surface area contributed by atoms with Gasteiger partial charge < -0.3 is 19.4 Å². The van der Waals surface area contributed by atoms with E-state index in [4.69, 9.17) is 14.0 Å². The highest BCUT2D eigenvalue weighted by Gasteiger charge is 2.51. The maximum atomic E-state index is 6.02. The molecule has 0 bridgehead atoms. The molecule has 1 N–H and O–H groups in total. The van der Waals surface area contributed by atoms with Gasteiger partial charge in [0.2, 0.25) is 0 Å². The van der Waals surface area contributed by atoms with Crippen molar-refractivity contribution in [2.24, 2.45) is 0 Å². The van der Waals surface area contributed by atoms with Crippen molar-refractivity contribution in [1.29, 1.82) is 0 Å². The van der Waals surface area contributed by atoms with Crippen LogP contribution in [0.25, 0.3) is 0 Å². The molecule has 0 spiro atoms. The summed E-state index contributed by atoms with van der Waals surface area (Å²) in [6.45, 7) is 12.6. The van der Waals surface area contributed by atoms with E-state index in [-0.39, 0.29) is 18.3 Å². The van der Waals surface area contributed by atoms with Crippen LogP contribution in [0.5, 0.6) is 0 Å². The van der Waals surface area contributed by atoms with Crippen LogP contribution in [-0.4, -0.2) is 43.1 Å². The van der Waals surface area contributed by atoms with Crippen LogP contribution in [0.2, 0.25) is 0 Å². The van der Waals surface area contributed by atoms with E-state index >= 15 is 0 Å². The van der Waals surface area contributed by atoms with Crippen LogP contribution >= 0.6 is 0 Å². The minimum atomic E-state index is -0.357. The highest BCUT2D eigenvalue weighted by atomic mass is 16.7. The molecule has 0 amide bonds. The lowest BCUT2D eigenvalue weighted by atomic mass is 9.80. The predicted octanol–water partition coefficient (Wildman–Crippen LogP) is 2.22. The molecule has 1 aromatic heterocycles. The number of aromatic nitrogens is 1. The standard InChI is InChI=1S/C16H27BN2O3/c1-6-20-11-7-10-18-14-9-8-13(12-19-14)17-21-15(2,3)16(4,5)22-17/h8-9,12H,6-7,10-11H2,1-5H3,(H,18,19). The van der Waals surface area contributed by atoms with Gasteiger partial charge in [0.25, 0.3) is 0 Å². The molecule has 122 valence electrons. The zero-order valence-electron chi connectivity index (χ0n) is 14.3. The van der Waals surface area contributed by atoms with Crippen molar-refractivity contribution in [2.45, 2.75) is 52.2 Å².